The van der Waals surface area contributed by atoms with Crippen LogP contribution in [-0.2, 0) is 6.54 Å². The third-order valence-corrected chi connectivity index (χ3v) is 4.72. The number of nitrogens with one attached hydrogen (secondary N) is 1. The van der Waals surface area contributed by atoms with Crippen molar-refractivity contribution in [3.05, 3.63) is 23.8 Å². The minimum atomic E-state index is 0.647. The number of methoxy groups -OCH3 is 1. The normalized spacial score (nSPS) is 25.6. The number of benzene rings is 1. The average molecular weight is 291 g/mol. The first-order valence-electron chi connectivity index (χ1n) is 8.17. The summed E-state index contributed by atoms with van der Waals surface area (Å²) in [5.74, 6) is 3.34. The zero-order chi connectivity index (χ0) is 15.2. The maximum atomic E-state index is 5.64. The number of hydrogen-bond donors (Lipinski definition) is 1. The molecular weight excluding hydrogens is 262 g/mol. The van der Waals surface area contributed by atoms with Gasteiger partial charge in [-0.1, -0.05) is 19.9 Å². The lowest BCUT2D eigenvalue weighted by Gasteiger charge is -2.32. The molecular formula is C18H29NO2. The lowest BCUT2D eigenvalue weighted by molar-refractivity contribution is 0.225. The van der Waals surface area contributed by atoms with E-state index in [-0.39, 0.29) is 0 Å². The van der Waals surface area contributed by atoms with E-state index in [1.54, 1.807) is 7.11 Å². The average Bonchev–Trinajstić information content (AvgIpc) is 2.49. The van der Waals surface area contributed by atoms with Crippen molar-refractivity contribution in [2.75, 3.05) is 13.7 Å². The molecule has 0 saturated heterocycles. The van der Waals surface area contributed by atoms with Crippen molar-refractivity contribution in [3.8, 4) is 11.5 Å². The van der Waals surface area contributed by atoms with Crippen molar-refractivity contribution in [2.24, 2.45) is 11.8 Å². The van der Waals surface area contributed by atoms with E-state index < -0.39 is 0 Å². The minimum absolute atomic E-state index is 0.647. The Morgan fingerprint density at radius 3 is 2.62 bits per heavy atom. The highest BCUT2D eigenvalue weighted by Gasteiger charge is 2.23. The van der Waals surface area contributed by atoms with Crippen LogP contribution in [0, 0.1) is 11.8 Å². The summed E-state index contributed by atoms with van der Waals surface area (Å²) in [6.07, 6.45) is 3.92. The third-order valence-electron chi connectivity index (χ3n) is 4.72. The molecule has 0 aliphatic heterocycles. The van der Waals surface area contributed by atoms with Gasteiger partial charge in [-0.15, -0.1) is 0 Å². The van der Waals surface area contributed by atoms with E-state index in [4.69, 9.17) is 9.47 Å². The van der Waals surface area contributed by atoms with Crippen molar-refractivity contribution in [1.29, 1.82) is 0 Å². The fourth-order valence-electron chi connectivity index (χ4n) is 3.09. The molecule has 1 saturated carbocycles. The van der Waals surface area contributed by atoms with Crippen molar-refractivity contribution in [1.82, 2.24) is 5.32 Å². The molecule has 1 aliphatic carbocycles. The van der Waals surface area contributed by atoms with Gasteiger partial charge in [0.05, 0.1) is 13.7 Å². The summed E-state index contributed by atoms with van der Waals surface area (Å²) in [6, 6.07) is 6.84. The molecule has 1 aromatic rings. The lowest BCUT2D eigenvalue weighted by atomic mass is 9.79. The first-order valence-corrected chi connectivity index (χ1v) is 8.17. The second-order valence-electron chi connectivity index (χ2n) is 6.26. The van der Waals surface area contributed by atoms with E-state index in [9.17, 15) is 0 Å². The Balaban J connectivity index is 1.92. The zero-order valence-corrected chi connectivity index (χ0v) is 13.8. The molecule has 1 N–H and O–H groups in total. The highest BCUT2D eigenvalue weighted by molar-refractivity contribution is 5.42. The van der Waals surface area contributed by atoms with Crippen LogP contribution in [0.2, 0.25) is 0 Å². The van der Waals surface area contributed by atoms with Gasteiger partial charge in [-0.25, -0.2) is 0 Å². The predicted octanol–water partition coefficient (Wildman–Crippen LogP) is 4.01. The Labute approximate surface area is 129 Å². The van der Waals surface area contributed by atoms with E-state index >= 15 is 0 Å². The zero-order valence-electron chi connectivity index (χ0n) is 13.8. The van der Waals surface area contributed by atoms with Gasteiger partial charge >= 0.3 is 0 Å². The smallest absolute Gasteiger partial charge is 0.161 e. The highest BCUT2D eigenvalue weighted by atomic mass is 16.5. The summed E-state index contributed by atoms with van der Waals surface area (Å²) in [6.45, 7) is 8.30. The molecule has 21 heavy (non-hydrogen) atoms. The maximum absolute atomic E-state index is 5.64. The first kappa shape index (κ1) is 16.2. The molecule has 0 radical (unpaired) electrons. The second kappa shape index (κ2) is 7.69. The van der Waals surface area contributed by atoms with Crippen molar-refractivity contribution in [2.45, 2.75) is 52.6 Å². The molecule has 3 nitrogen and oxygen atoms in total. The topological polar surface area (TPSA) is 30.5 Å². The quantitative estimate of drug-likeness (QED) is 0.859. The Bertz CT molecular complexity index is 447. The molecule has 0 heterocycles. The summed E-state index contributed by atoms with van der Waals surface area (Å²) < 4.78 is 11.0. The van der Waals surface area contributed by atoms with Crippen molar-refractivity contribution >= 4 is 0 Å². The Kier molecular flexibility index (Phi) is 5.92. The van der Waals surface area contributed by atoms with Crippen LogP contribution in [0.5, 0.6) is 11.5 Å². The highest BCUT2D eigenvalue weighted by Crippen LogP contribution is 2.30. The molecule has 3 unspecified atom stereocenters. The summed E-state index contributed by atoms with van der Waals surface area (Å²) in [5, 5.41) is 3.70. The first-order chi connectivity index (χ1) is 10.1. The molecule has 0 bridgehead atoms. The molecule has 3 heteroatoms. The Hall–Kier alpha value is -1.22. The number of ether oxygens (including phenoxy) is 2. The summed E-state index contributed by atoms with van der Waals surface area (Å²) in [4.78, 5) is 0. The third kappa shape index (κ3) is 4.37. The number of rotatable bonds is 6. The van der Waals surface area contributed by atoms with Crippen LogP contribution in [0.1, 0.15) is 45.6 Å². The Morgan fingerprint density at radius 1 is 1.14 bits per heavy atom. The largest absolute Gasteiger partial charge is 0.493 e. The van der Waals surface area contributed by atoms with Crippen LogP contribution in [0.25, 0.3) is 0 Å². The molecule has 2 rings (SSSR count). The molecule has 0 amide bonds. The molecule has 3 atom stereocenters. The minimum Gasteiger partial charge on any atom is -0.493 e. The molecule has 0 spiro atoms. The summed E-state index contributed by atoms with van der Waals surface area (Å²) >= 11 is 0. The second-order valence-corrected chi connectivity index (χ2v) is 6.26. The molecule has 1 fully saturated rings. The van der Waals surface area contributed by atoms with Crippen LogP contribution in [0.4, 0.5) is 0 Å². The van der Waals surface area contributed by atoms with Crippen molar-refractivity contribution in [3.63, 3.8) is 0 Å². The van der Waals surface area contributed by atoms with Gasteiger partial charge in [-0.05, 0) is 55.7 Å². The van der Waals surface area contributed by atoms with E-state index in [0.29, 0.717) is 12.6 Å². The van der Waals surface area contributed by atoms with Gasteiger partial charge in [0, 0.05) is 12.6 Å². The van der Waals surface area contributed by atoms with Crippen LogP contribution in [0.3, 0.4) is 0 Å². The molecule has 1 aromatic carbocycles. The van der Waals surface area contributed by atoms with Crippen LogP contribution >= 0.6 is 0 Å². The van der Waals surface area contributed by atoms with Crippen molar-refractivity contribution < 1.29 is 9.47 Å². The van der Waals surface area contributed by atoms with Crippen LogP contribution in [0.15, 0.2) is 18.2 Å². The predicted molar refractivity (Wildman–Crippen MR) is 87.0 cm³/mol. The van der Waals surface area contributed by atoms with Gasteiger partial charge in [0.2, 0.25) is 0 Å². The SMILES string of the molecule is CCOc1cc(CNC2CCC(C)C(C)C2)ccc1OC. The van der Waals surface area contributed by atoms with Gasteiger partial charge in [0.25, 0.3) is 0 Å². The monoisotopic (exact) mass is 291 g/mol. The van der Waals surface area contributed by atoms with Gasteiger partial charge in [0.1, 0.15) is 0 Å². The molecule has 0 aromatic heterocycles. The molecule has 1 aliphatic rings. The van der Waals surface area contributed by atoms with Gasteiger partial charge in [-0.3, -0.25) is 0 Å². The number of hydrogen-bond acceptors (Lipinski definition) is 3. The van der Waals surface area contributed by atoms with E-state index in [1.165, 1.54) is 24.8 Å². The van der Waals surface area contributed by atoms with Gasteiger partial charge in [-0.2, -0.15) is 0 Å². The van der Waals surface area contributed by atoms with Crippen LogP contribution < -0.4 is 14.8 Å². The summed E-state index contributed by atoms with van der Waals surface area (Å²) in [7, 11) is 1.68. The van der Waals surface area contributed by atoms with E-state index in [0.717, 1.165) is 29.9 Å². The maximum Gasteiger partial charge on any atom is 0.161 e. The summed E-state index contributed by atoms with van der Waals surface area (Å²) in [5.41, 5.74) is 1.26. The lowest BCUT2D eigenvalue weighted by Crippen LogP contribution is -2.35. The van der Waals surface area contributed by atoms with Gasteiger partial charge in [0.15, 0.2) is 11.5 Å². The molecule has 118 valence electrons. The van der Waals surface area contributed by atoms with Crippen LogP contribution in [-0.4, -0.2) is 19.8 Å². The van der Waals surface area contributed by atoms with E-state index in [2.05, 4.69) is 31.3 Å². The van der Waals surface area contributed by atoms with E-state index in [1.807, 2.05) is 13.0 Å². The fourth-order valence-corrected chi connectivity index (χ4v) is 3.09. The Morgan fingerprint density at radius 2 is 1.95 bits per heavy atom. The standard InChI is InChI=1S/C18H29NO2/c1-5-21-18-11-15(7-9-17(18)20-4)12-19-16-8-6-13(2)14(3)10-16/h7,9,11,13-14,16,19H,5-6,8,10,12H2,1-4H3. The van der Waals surface area contributed by atoms with Gasteiger partial charge < -0.3 is 14.8 Å². The fraction of sp³-hybridized carbons (Fsp3) is 0.667.